The SMILES string of the molecule is CCOC(=O)CCn1c(N)nc2ccc(Oc3ccc(NC)cc3)nc21. The van der Waals surface area contributed by atoms with Gasteiger partial charge in [-0.3, -0.25) is 9.36 Å². The van der Waals surface area contributed by atoms with Gasteiger partial charge in [0.2, 0.25) is 11.8 Å². The van der Waals surface area contributed by atoms with Crippen LogP contribution < -0.4 is 15.8 Å². The van der Waals surface area contributed by atoms with E-state index in [1.165, 1.54) is 0 Å². The fourth-order valence-electron chi connectivity index (χ4n) is 2.53. The van der Waals surface area contributed by atoms with Gasteiger partial charge in [0.1, 0.15) is 11.3 Å². The fourth-order valence-corrected chi connectivity index (χ4v) is 2.53. The maximum atomic E-state index is 11.6. The number of carbonyl (C=O) groups is 1. The molecule has 0 radical (unpaired) electrons. The molecule has 0 saturated carbocycles. The number of hydrogen-bond acceptors (Lipinski definition) is 7. The average molecular weight is 355 g/mol. The van der Waals surface area contributed by atoms with Crippen LogP contribution in [0.3, 0.4) is 0 Å². The van der Waals surface area contributed by atoms with Crippen molar-refractivity contribution in [3.8, 4) is 11.6 Å². The van der Waals surface area contributed by atoms with Crippen molar-refractivity contribution < 1.29 is 14.3 Å². The van der Waals surface area contributed by atoms with Crippen molar-refractivity contribution in [3.05, 3.63) is 36.4 Å². The first kappa shape index (κ1) is 17.5. The van der Waals surface area contributed by atoms with Gasteiger partial charge in [-0.15, -0.1) is 0 Å². The summed E-state index contributed by atoms with van der Waals surface area (Å²) in [5.74, 6) is 1.10. The van der Waals surface area contributed by atoms with E-state index in [2.05, 4.69) is 15.3 Å². The van der Waals surface area contributed by atoms with E-state index in [-0.39, 0.29) is 12.4 Å². The van der Waals surface area contributed by atoms with Gasteiger partial charge in [-0.2, -0.15) is 4.98 Å². The van der Waals surface area contributed by atoms with Crippen LogP contribution in [0.15, 0.2) is 36.4 Å². The summed E-state index contributed by atoms with van der Waals surface area (Å²) in [5.41, 5.74) is 8.16. The standard InChI is InChI=1S/C18H21N5O3/c1-3-25-16(24)10-11-23-17-14(21-18(23)19)8-9-15(22-17)26-13-6-4-12(20-2)5-7-13/h4-9,20H,3,10-11H2,1-2H3,(H2,19,21). The summed E-state index contributed by atoms with van der Waals surface area (Å²) in [4.78, 5) is 20.4. The van der Waals surface area contributed by atoms with E-state index in [1.807, 2.05) is 31.3 Å². The van der Waals surface area contributed by atoms with Gasteiger partial charge in [-0.05, 0) is 37.3 Å². The van der Waals surface area contributed by atoms with Gasteiger partial charge in [-0.1, -0.05) is 0 Å². The maximum Gasteiger partial charge on any atom is 0.307 e. The molecule has 1 aromatic carbocycles. The van der Waals surface area contributed by atoms with Crippen LogP contribution in [0.4, 0.5) is 11.6 Å². The number of nitrogen functional groups attached to an aromatic ring is 1. The third-order valence-electron chi connectivity index (χ3n) is 3.81. The molecule has 0 atom stereocenters. The first-order chi connectivity index (χ1) is 12.6. The third kappa shape index (κ3) is 3.85. The Balaban J connectivity index is 1.82. The van der Waals surface area contributed by atoms with Crippen LogP contribution in [-0.2, 0) is 16.1 Å². The molecule has 0 saturated heterocycles. The van der Waals surface area contributed by atoms with E-state index in [0.717, 1.165) is 5.69 Å². The van der Waals surface area contributed by atoms with Gasteiger partial charge in [-0.25, -0.2) is 4.98 Å². The Bertz CT molecular complexity index is 905. The molecule has 3 aromatic rings. The summed E-state index contributed by atoms with van der Waals surface area (Å²) in [6, 6.07) is 11.0. The van der Waals surface area contributed by atoms with Crippen molar-refractivity contribution in [2.24, 2.45) is 0 Å². The Labute approximate surface area is 150 Å². The Morgan fingerprint density at radius 3 is 2.65 bits per heavy atom. The normalized spacial score (nSPS) is 10.7. The number of nitrogens with one attached hydrogen (secondary N) is 1. The van der Waals surface area contributed by atoms with E-state index in [9.17, 15) is 4.79 Å². The second-order valence-corrected chi connectivity index (χ2v) is 5.55. The smallest absolute Gasteiger partial charge is 0.307 e. The Morgan fingerprint density at radius 2 is 1.96 bits per heavy atom. The fraction of sp³-hybridized carbons (Fsp3) is 0.278. The van der Waals surface area contributed by atoms with Crippen LogP contribution in [0.25, 0.3) is 11.2 Å². The number of carbonyl (C=O) groups excluding carboxylic acids is 1. The number of ether oxygens (including phenoxy) is 2. The van der Waals surface area contributed by atoms with Gasteiger partial charge < -0.3 is 20.5 Å². The van der Waals surface area contributed by atoms with Gasteiger partial charge in [0, 0.05) is 25.3 Å². The zero-order valence-corrected chi connectivity index (χ0v) is 14.7. The van der Waals surface area contributed by atoms with E-state index in [0.29, 0.717) is 41.9 Å². The molecular weight excluding hydrogens is 334 g/mol. The molecule has 0 aliphatic rings. The molecule has 3 rings (SSSR count). The lowest BCUT2D eigenvalue weighted by molar-refractivity contribution is -0.143. The lowest BCUT2D eigenvalue weighted by Gasteiger charge is -2.08. The van der Waals surface area contributed by atoms with E-state index >= 15 is 0 Å². The number of aryl methyl sites for hydroxylation is 1. The molecule has 2 aromatic heterocycles. The first-order valence-corrected chi connectivity index (χ1v) is 8.34. The first-order valence-electron chi connectivity index (χ1n) is 8.34. The summed E-state index contributed by atoms with van der Waals surface area (Å²) in [7, 11) is 1.85. The number of aromatic nitrogens is 3. The Kier molecular flexibility index (Phi) is 5.21. The quantitative estimate of drug-likeness (QED) is 0.628. The second kappa shape index (κ2) is 7.73. The highest BCUT2D eigenvalue weighted by Crippen LogP contribution is 2.25. The van der Waals surface area contributed by atoms with E-state index in [1.54, 1.807) is 23.6 Å². The van der Waals surface area contributed by atoms with Gasteiger partial charge in [0.05, 0.1) is 13.0 Å². The molecular formula is C18H21N5O3. The minimum atomic E-state index is -0.286. The molecule has 0 aliphatic carbocycles. The van der Waals surface area contributed by atoms with Crippen molar-refractivity contribution >= 4 is 28.8 Å². The number of fused-ring (bicyclic) bond motifs is 1. The number of hydrogen-bond donors (Lipinski definition) is 2. The predicted octanol–water partition coefficient (Wildman–Crippen LogP) is 2.80. The van der Waals surface area contributed by atoms with Crippen LogP contribution in [0.5, 0.6) is 11.6 Å². The molecule has 0 bridgehead atoms. The number of imidazole rings is 1. The summed E-state index contributed by atoms with van der Waals surface area (Å²) >= 11 is 0. The number of anilines is 2. The van der Waals surface area contributed by atoms with Gasteiger partial charge >= 0.3 is 5.97 Å². The van der Waals surface area contributed by atoms with Crippen LogP contribution in [0, 0.1) is 0 Å². The lowest BCUT2D eigenvalue weighted by atomic mass is 10.3. The van der Waals surface area contributed by atoms with Gasteiger partial charge in [0.15, 0.2) is 5.65 Å². The van der Waals surface area contributed by atoms with Crippen molar-refractivity contribution in [3.63, 3.8) is 0 Å². The van der Waals surface area contributed by atoms with Crippen LogP contribution in [0.1, 0.15) is 13.3 Å². The summed E-state index contributed by atoms with van der Waals surface area (Å²) in [5, 5.41) is 3.05. The summed E-state index contributed by atoms with van der Waals surface area (Å²) < 4.78 is 12.4. The number of benzene rings is 1. The molecule has 136 valence electrons. The largest absolute Gasteiger partial charge is 0.466 e. The number of nitrogens with zero attached hydrogens (tertiary/aromatic N) is 3. The molecule has 0 fully saturated rings. The minimum Gasteiger partial charge on any atom is -0.466 e. The highest BCUT2D eigenvalue weighted by atomic mass is 16.5. The molecule has 8 heteroatoms. The average Bonchev–Trinajstić information content (AvgIpc) is 2.95. The topological polar surface area (TPSA) is 104 Å². The highest BCUT2D eigenvalue weighted by Gasteiger charge is 2.13. The second-order valence-electron chi connectivity index (χ2n) is 5.55. The van der Waals surface area contributed by atoms with E-state index < -0.39 is 0 Å². The summed E-state index contributed by atoms with van der Waals surface area (Å²) in [6.45, 7) is 2.46. The van der Waals surface area contributed by atoms with Crippen molar-refractivity contribution in [2.75, 3.05) is 24.7 Å². The number of rotatable bonds is 7. The Morgan fingerprint density at radius 1 is 1.19 bits per heavy atom. The molecule has 0 unspecified atom stereocenters. The van der Waals surface area contributed by atoms with Crippen LogP contribution in [-0.4, -0.2) is 34.2 Å². The van der Waals surface area contributed by atoms with Crippen LogP contribution >= 0.6 is 0 Å². The monoisotopic (exact) mass is 355 g/mol. The van der Waals surface area contributed by atoms with Crippen molar-refractivity contribution in [1.29, 1.82) is 0 Å². The number of nitrogens with two attached hydrogens (primary N) is 1. The molecule has 8 nitrogen and oxygen atoms in total. The number of pyridine rings is 1. The van der Waals surface area contributed by atoms with Crippen LogP contribution in [0.2, 0.25) is 0 Å². The molecule has 0 aliphatic heterocycles. The third-order valence-corrected chi connectivity index (χ3v) is 3.81. The highest BCUT2D eigenvalue weighted by molar-refractivity contribution is 5.75. The van der Waals surface area contributed by atoms with Crippen molar-refractivity contribution in [1.82, 2.24) is 14.5 Å². The molecule has 0 amide bonds. The summed E-state index contributed by atoms with van der Waals surface area (Å²) in [6.07, 6.45) is 0.196. The molecule has 0 spiro atoms. The minimum absolute atomic E-state index is 0.196. The number of esters is 1. The Hall–Kier alpha value is -3.29. The van der Waals surface area contributed by atoms with Crippen molar-refractivity contribution in [2.45, 2.75) is 19.9 Å². The molecule has 3 N–H and O–H groups in total. The predicted molar refractivity (Wildman–Crippen MR) is 99.3 cm³/mol. The zero-order valence-electron chi connectivity index (χ0n) is 14.7. The van der Waals surface area contributed by atoms with E-state index in [4.69, 9.17) is 15.2 Å². The lowest BCUT2D eigenvalue weighted by Crippen LogP contribution is -2.11. The molecule has 2 heterocycles. The van der Waals surface area contributed by atoms with Gasteiger partial charge in [0.25, 0.3) is 0 Å². The maximum absolute atomic E-state index is 11.6. The zero-order chi connectivity index (χ0) is 18.5. The molecule has 26 heavy (non-hydrogen) atoms.